The maximum absolute atomic E-state index is 5.54. The topological polar surface area (TPSA) is 30.5 Å². The van der Waals surface area contributed by atoms with E-state index in [1.165, 1.54) is 0 Å². The van der Waals surface area contributed by atoms with Gasteiger partial charge in [0.05, 0.1) is 6.61 Å². The normalized spacial score (nSPS) is 18.0. The van der Waals surface area contributed by atoms with Crippen LogP contribution in [0.4, 0.5) is 0 Å². The molecule has 0 atom stereocenters. The van der Waals surface area contributed by atoms with Crippen LogP contribution in [0, 0.1) is 6.10 Å². The summed E-state index contributed by atoms with van der Waals surface area (Å²) in [6, 6.07) is 9.77. The molecule has 0 aliphatic carbocycles. The molecule has 0 saturated carbocycles. The van der Waals surface area contributed by atoms with Crippen LogP contribution >= 0.6 is 0 Å². The van der Waals surface area contributed by atoms with Crippen molar-refractivity contribution in [2.24, 2.45) is 0 Å². The maximum atomic E-state index is 5.54. The zero-order chi connectivity index (χ0) is 9.64. The highest BCUT2D eigenvalue weighted by Crippen LogP contribution is 2.12. The second-order valence-corrected chi connectivity index (χ2v) is 3.17. The number of hydrogen-bond acceptors (Lipinski definition) is 3. The number of morpholine rings is 1. The second kappa shape index (κ2) is 4.98. The summed E-state index contributed by atoms with van der Waals surface area (Å²) >= 11 is 0. The smallest absolute Gasteiger partial charge is 0.148 e. The Morgan fingerprint density at radius 3 is 2.86 bits per heavy atom. The lowest BCUT2D eigenvalue weighted by Gasteiger charge is -2.22. The first-order chi connectivity index (χ1) is 6.95. The summed E-state index contributed by atoms with van der Waals surface area (Å²) in [5.41, 5.74) is 0. The third kappa shape index (κ3) is 2.72. The second-order valence-electron chi connectivity index (χ2n) is 3.17. The van der Waals surface area contributed by atoms with Crippen LogP contribution < -0.4 is 10.1 Å². The standard InChI is InChI=1S/C11H14NO2/c1-2-4-10(5-3-1)14-9-11-8-12-6-7-13-11/h1-5,12H,6-9H2. The van der Waals surface area contributed by atoms with E-state index in [2.05, 4.69) is 5.32 Å². The van der Waals surface area contributed by atoms with E-state index >= 15 is 0 Å². The Hall–Kier alpha value is -1.06. The van der Waals surface area contributed by atoms with Crippen LogP contribution in [0.2, 0.25) is 0 Å². The molecule has 0 spiro atoms. The van der Waals surface area contributed by atoms with E-state index in [1.807, 2.05) is 30.3 Å². The lowest BCUT2D eigenvalue weighted by Crippen LogP contribution is -2.36. The van der Waals surface area contributed by atoms with Gasteiger partial charge in [-0.25, -0.2) is 0 Å². The molecule has 0 bridgehead atoms. The molecular formula is C11H14NO2. The van der Waals surface area contributed by atoms with Crippen LogP contribution in [0.1, 0.15) is 0 Å². The molecule has 0 unspecified atom stereocenters. The molecule has 1 heterocycles. The van der Waals surface area contributed by atoms with E-state index in [9.17, 15) is 0 Å². The van der Waals surface area contributed by atoms with Crippen molar-refractivity contribution in [2.75, 3.05) is 26.3 Å². The molecular weight excluding hydrogens is 178 g/mol. The largest absolute Gasteiger partial charge is 0.490 e. The van der Waals surface area contributed by atoms with E-state index in [1.54, 1.807) is 0 Å². The number of benzene rings is 1. The fourth-order valence-electron chi connectivity index (χ4n) is 1.32. The van der Waals surface area contributed by atoms with Gasteiger partial charge in [-0.1, -0.05) is 18.2 Å². The Kier molecular flexibility index (Phi) is 3.38. The molecule has 1 aromatic rings. The number of hydrogen-bond donors (Lipinski definition) is 1. The molecule has 1 aromatic carbocycles. The van der Waals surface area contributed by atoms with Gasteiger partial charge in [-0.15, -0.1) is 0 Å². The minimum Gasteiger partial charge on any atom is -0.490 e. The zero-order valence-corrected chi connectivity index (χ0v) is 8.03. The summed E-state index contributed by atoms with van der Waals surface area (Å²) in [5, 5.41) is 3.23. The molecule has 2 rings (SSSR count). The quantitative estimate of drug-likeness (QED) is 0.781. The van der Waals surface area contributed by atoms with Gasteiger partial charge < -0.3 is 14.8 Å². The highest BCUT2D eigenvalue weighted by atomic mass is 16.5. The summed E-state index contributed by atoms with van der Waals surface area (Å²) in [6.45, 7) is 3.01. The molecule has 1 radical (unpaired) electrons. The van der Waals surface area contributed by atoms with E-state index in [0.717, 1.165) is 31.5 Å². The number of ether oxygens (including phenoxy) is 2. The van der Waals surface area contributed by atoms with Gasteiger partial charge in [0, 0.05) is 13.1 Å². The predicted octanol–water partition coefficient (Wildman–Crippen LogP) is 1.22. The van der Waals surface area contributed by atoms with E-state index in [4.69, 9.17) is 9.47 Å². The molecule has 3 heteroatoms. The average Bonchev–Trinajstić information content (AvgIpc) is 2.29. The lowest BCUT2D eigenvalue weighted by molar-refractivity contribution is 0.0785. The highest BCUT2D eigenvalue weighted by Gasteiger charge is 2.14. The number of rotatable bonds is 3. The monoisotopic (exact) mass is 192 g/mol. The number of para-hydroxylation sites is 1. The van der Waals surface area contributed by atoms with E-state index in [-0.39, 0.29) is 0 Å². The van der Waals surface area contributed by atoms with Gasteiger partial charge in [0.15, 0.2) is 0 Å². The van der Waals surface area contributed by atoms with E-state index < -0.39 is 0 Å². The lowest BCUT2D eigenvalue weighted by atomic mass is 10.3. The molecule has 0 aromatic heterocycles. The van der Waals surface area contributed by atoms with E-state index in [0.29, 0.717) is 6.61 Å². The molecule has 1 fully saturated rings. The zero-order valence-electron chi connectivity index (χ0n) is 8.03. The van der Waals surface area contributed by atoms with Gasteiger partial charge in [0.2, 0.25) is 0 Å². The van der Waals surface area contributed by atoms with Gasteiger partial charge in [-0.3, -0.25) is 0 Å². The summed E-state index contributed by atoms with van der Waals surface area (Å²) in [5.74, 6) is 0.883. The van der Waals surface area contributed by atoms with Crippen LogP contribution in [-0.2, 0) is 4.74 Å². The third-order valence-corrected chi connectivity index (χ3v) is 2.05. The van der Waals surface area contributed by atoms with Crippen molar-refractivity contribution in [3.63, 3.8) is 0 Å². The Balaban J connectivity index is 1.76. The molecule has 3 nitrogen and oxygen atoms in total. The average molecular weight is 192 g/mol. The van der Waals surface area contributed by atoms with Gasteiger partial charge in [0.25, 0.3) is 0 Å². The van der Waals surface area contributed by atoms with Crippen LogP contribution in [0.5, 0.6) is 5.75 Å². The third-order valence-electron chi connectivity index (χ3n) is 2.05. The molecule has 0 amide bonds. The van der Waals surface area contributed by atoms with Crippen LogP contribution in [-0.4, -0.2) is 26.3 Å². The predicted molar refractivity (Wildman–Crippen MR) is 54.0 cm³/mol. The van der Waals surface area contributed by atoms with Crippen molar-refractivity contribution in [2.45, 2.75) is 0 Å². The summed E-state index contributed by atoms with van der Waals surface area (Å²) in [4.78, 5) is 0. The highest BCUT2D eigenvalue weighted by molar-refractivity contribution is 5.21. The molecule has 14 heavy (non-hydrogen) atoms. The van der Waals surface area contributed by atoms with Gasteiger partial charge >= 0.3 is 0 Å². The summed E-state index contributed by atoms with van der Waals surface area (Å²) < 4.78 is 11.0. The maximum Gasteiger partial charge on any atom is 0.148 e. The Labute approximate surface area is 84.0 Å². The van der Waals surface area contributed by atoms with Crippen molar-refractivity contribution >= 4 is 0 Å². The first-order valence-corrected chi connectivity index (χ1v) is 4.81. The van der Waals surface area contributed by atoms with Crippen molar-refractivity contribution in [3.8, 4) is 5.75 Å². The summed E-state index contributed by atoms with van der Waals surface area (Å²) in [7, 11) is 0. The number of nitrogens with one attached hydrogen (secondary N) is 1. The molecule has 1 saturated heterocycles. The van der Waals surface area contributed by atoms with Gasteiger partial charge in [0.1, 0.15) is 18.5 Å². The molecule has 1 aliphatic rings. The Morgan fingerprint density at radius 2 is 2.14 bits per heavy atom. The Morgan fingerprint density at radius 1 is 1.29 bits per heavy atom. The first kappa shape index (κ1) is 9.49. The van der Waals surface area contributed by atoms with Crippen LogP contribution in [0.3, 0.4) is 0 Å². The fourth-order valence-corrected chi connectivity index (χ4v) is 1.32. The fraction of sp³-hybridized carbons (Fsp3) is 0.364. The van der Waals surface area contributed by atoms with Gasteiger partial charge in [-0.2, -0.15) is 0 Å². The van der Waals surface area contributed by atoms with Crippen molar-refractivity contribution in [1.29, 1.82) is 0 Å². The first-order valence-electron chi connectivity index (χ1n) is 4.81. The van der Waals surface area contributed by atoms with Gasteiger partial charge in [-0.05, 0) is 12.1 Å². The van der Waals surface area contributed by atoms with Crippen LogP contribution in [0.15, 0.2) is 30.3 Å². The van der Waals surface area contributed by atoms with Crippen molar-refractivity contribution in [1.82, 2.24) is 5.32 Å². The molecule has 1 aliphatic heterocycles. The minimum absolute atomic E-state index is 0.539. The van der Waals surface area contributed by atoms with Crippen LogP contribution in [0.25, 0.3) is 0 Å². The van der Waals surface area contributed by atoms with Crippen molar-refractivity contribution in [3.05, 3.63) is 36.4 Å². The molecule has 75 valence electrons. The SMILES string of the molecule is c1ccc(OC[C]2CNCCO2)cc1. The van der Waals surface area contributed by atoms with Crippen molar-refractivity contribution < 1.29 is 9.47 Å². The molecule has 1 N–H and O–H groups in total. The summed E-state index contributed by atoms with van der Waals surface area (Å²) in [6.07, 6.45) is 0.972. The minimum atomic E-state index is 0.539. The Bertz CT molecular complexity index is 257.